The van der Waals surface area contributed by atoms with E-state index >= 15 is 0 Å². The van der Waals surface area contributed by atoms with Crippen molar-refractivity contribution < 1.29 is 13.2 Å². The fraction of sp³-hybridized carbons (Fsp3) is 0.375. The van der Waals surface area contributed by atoms with Gasteiger partial charge < -0.3 is 10.6 Å². The smallest absolute Gasteiger partial charge is 0.221 e. The summed E-state index contributed by atoms with van der Waals surface area (Å²) in [6.45, 7) is 2.79. The number of carbonyl (C=O) groups excluding carboxylic acids is 1. The second kappa shape index (κ2) is 8.46. The van der Waals surface area contributed by atoms with Gasteiger partial charge in [-0.3, -0.25) is 9.48 Å². The number of amides is 1. The molecule has 0 spiro atoms. The molecule has 0 saturated carbocycles. The predicted molar refractivity (Wildman–Crippen MR) is 96.1 cm³/mol. The molecule has 0 aliphatic carbocycles. The van der Waals surface area contributed by atoms with E-state index in [-0.39, 0.29) is 35.4 Å². The number of nitrogens with one attached hydrogen (secondary N) is 2. The van der Waals surface area contributed by atoms with E-state index in [0.29, 0.717) is 6.54 Å². The second-order valence-electron chi connectivity index (χ2n) is 5.69. The van der Waals surface area contributed by atoms with Crippen LogP contribution in [0.1, 0.15) is 17.8 Å². The van der Waals surface area contributed by atoms with E-state index in [2.05, 4.69) is 15.7 Å². The van der Waals surface area contributed by atoms with Crippen LogP contribution in [0.2, 0.25) is 0 Å². The first-order valence-electron chi connectivity index (χ1n) is 7.85. The Hall–Kier alpha value is -1.90. The van der Waals surface area contributed by atoms with Gasteiger partial charge >= 0.3 is 0 Å². The fourth-order valence-corrected chi connectivity index (χ4v) is 3.85. The first kappa shape index (κ1) is 19.4. The molecule has 0 saturated heterocycles. The van der Waals surface area contributed by atoms with Crippen molar-refractivity contribution in [2.45, 2.75) is 31.0 Å². The van der Waals surface area contributed by atoms with E-state index in [4.69, 9.17) is 0 Å². The number of rotatable bonds is 6. The molecule has 7 nitrogen and oxygen atoms in total. The summed E-state index contributed by atoms with van der Waals surface area (Å²) < 4.78 is 26.2. The number of halogens is 1. The van der Waals surface area contributed by atoms with E-state index in [1.165, 1.54) is 12.1 Å². The maximum absolute atomic E-state index is 12.1. The zero-order chi connectivity index (χ0) is 17.0. The molecule has 3 rings (SSSR count). The summed E-state index contributed by atoms with van der Waals surface area (Å²) in [4.78, 5) is 12.2. The molecule has 1 aliphatic heterocycles. The molecular formula is C16H21ClN4O3S. The zero-order valence-electron chi connectivity index (χ0n) is 13.6. The lowest BCUT2D eigenvalue weighted by Gasteiger charge is -2.13. The highest BCUT2D eigenvalue weighted by atomic mass is 35.5. The maximum Gasteiger partial charge on any atom is 0.221 e. The summed E-state index contributed by atoms with van der Waals surface area (Å²) in [5, 5.41) is 10.4. The van der Waals surface area contributed by atoms with E-state index < -0.39 is 9.84 Å². The Labute approximate surface area is 153 Å². The van der Waals surface area contributed by atoms with Crippen LogP contribution in [0, 0.1) is 0 Å². The van der Waals surface area contributed by atoms with Crippen molar-refractivity contribution >= 4 is 28.2 Å². The zero-order valence-corrected chi connectivity index (χ0v) is 15.3. The molecule has 1 aliphatic rings. The molecule has 9 heteroatoms. The molecule has 2 aromatic rings. The molecule has 136 valence electrons. The van der Waals surface area contributed by atoms with Crippen LogP contribution in [0.25, 0.3) is 0 Å². The molecular weight excluding hydrogens is 364 g/mol. The summed E-state index contributed by atoms with van der Waals surface area (Å²) in [6, 6.07) is 10.1. The minimum atomic E-state index is -3.43. The average molecular weight is 385 g/mol. The number of nitrogens with zero attached hydrogens (tertiary/aromatic N) is 2. The van der Waals surface area contributed by atoms with Crippen LogP contribution in [0.4, 0.5) is 0 Å². The van der Waals surface area contributed by atoms with Gasteiger partial charge in [-0.1, -0.05) is 18.2 Å². The van der Waals surface area contributed by atoms with Crippen LogP contribution < -0.4 is 10.6 Å². The average Bonchev–Trinajstić information content (AvgIpc) is 3.02. The SMILES string of the molecule is Cl.O=C(CCS(=O)(=O)c1ccccc1)NCc1cc2n(n1)CCNC2. The summed E-state index contributed by atoms with van der Waals surface area (Å²) >= 11 is 0. The highest BCUT2D eigenvalue weighted by molar-refractivity contribution is 7.91. The Kier molecular flexibility index (Phi) is 6.57. The molecule has 1 amide bonds. The molecule has 0 fully saturated rings. The van der Waals surface area contributed by atoms with Crippen LogP contribution in [0.5, 0.6) is 0 Å². The molecule has 25 heavy (non-hydrogen) atoms. The predicted octanol–water partition coefficient (Wildman–Crippen LogP) is 0.888. The molecule has 0 unspecified atom stereocenters. The van der Waals surface area contributed by atoms with Gasteiger partial charge in [-0.25, -0.2) is 8.42 Å². The third-order valence-corrected chi connectivity index (χ3v) is 5.62. The lowest BCUT2D eigenvalue weighted by Crippen LogP contribution is -2.28. The minimum Gasteiger partial charge on any atom is -0.350 e. The third-order valence-electron chi connectivity index (χ3n) is 3.89. The van der Waals surface area contributed by atoms with Crippen molar-refractivity contribution in [2.24, 2.45) is 0 Å². The van der Waals surface area contributed by atoms with E-state index in [9.17, 15) is 13.2 Å². The van der Waals surface area contributed by atoms with Crippen molar-refractivity contribution in [2.75, 3.05) is 12.3 Å². The highest BCUT2D eigenvalue weighted by Gasteiger charge is 2.16. The monoisotopic (exact) mass is 384 g/mol. The topological polar surface area (TPSA) is 93.1 Å². The number of sulfone groups is 1. The molecule has 2 heterocycles. The Morgan fingerprint density at radius 1 is 1.28 bits per heavy atom. The minimum absolute atomic E-state index is 0. The van der Waals surface area contributed by atoms with Gasteiger partial charge in [0.05, 0.1) is 35.1 Å². The van der Waals surface area contributed by atoms with Crippen LogP contribution in [0.3, 0.4) is 0 Å². The molecule has 2 N–H and O–H groups in total. The number of aromatic nitrogens is 2. The number of hydrogen-bond acceptors (Lipinski definition) is 5. The van der Waals surface area contributed by atoms with Crippen molar-refractivity contribution in [3.8, 4) is 0 Å². The number of fused-ring (bicyclic) bond motifs is 1. The second-order valence-corrected chi connectivity index (χ2v) is 7.79. The molecule has 0 bridgehead atoms. The van der Waals surface area contributed by atoms with Gasteiger partial charge in [0.1, 0.15) is 0 Å². The van der Waals surface area contributed by atoms with E-state index in [1.807, 2.05) is 10.7 Å². The lowest BCUT2D eigenvalue weighted by atomic mass is 10.3. The van der Waals surface area contributed by atoms with E-state index in [1.54, 1.807) is 18.2 Å². The number of hydrogen-bond donors (Lipinski definition) is 2. The van der Waals surface area contributed by atoms with Crippen LogP contribution >= 0.6 is 12.4 Å². The summed E-state index contributed by atoms with van der Waals surface area (Å²) in [5.41, 5.74) is 1.88. The Bertz CT molecular complexity index is 798. The van der Waals surface area contributed by atoms with Crippen molar-refractivity contribution in [1.82, 2.24) is 20.4 Å². The molecule has 0 atom stereocenters. The lowest BCUT2D eigenvalue weighted by molar-refractivity contribution is -0.120. The Balaban J connectivity index is 0.00000225. The van der Waals surface area contributed by atoms with Crippen molar-refractivity contribution in [3.63, 3.8) is 0 Å². The maximum atomic E-state index is 12.1. The Morgan fingerprint density at radius 3 is 2.76 bits per heavy atom. The van der Waals surface area contributed by atoms with Crippen LogP contribution in [0.15, 0.2) is 41.3 Å². The summed E-state index contributed by atoms with van der Waals surface area (Å²) in [6.07, 6.45) is -0.0631. The van der Waals surface area contributed by atoms with Gasteiger partial charge in [0, 0.05) is 19.5 Å². The van der Waals surface area contributed by atoms with Gasteiger partial charge in [0.25, 0.3) is 0 Å². The Morgan fingerprint density at radius 2 is 2.04 bits per heavy atom. The van der Waals surface area contributed by atoms with Crippen LogP contribution in [-0.4, -0.2) is 36.4 Å². The fourth-order valence-electron chi connectivity index (χ4n) is 2.59. The number of carbonyl (C=O) groups is 1. The highest BCUT2D eigenvalue weighted by Crippen LogP contribution is 2.11. The normalized spacial score (nSPS) is 13.6. The largest absolute Gasteiger partial charge is 0.350 e. The van der Waals surface area contributed by atoms with Gasteiger partial charge in [-0.2, -0.15) is 5.10 Å². The quantitative estimate of drug-likeness (QED) is 0.771. The van der Waals surface area contributed by atoms with Crippen LogP contribution in [-0.2, 0) is 34.3 Å². The molecule has 0 radical (unpaired) electrons. The first-order chi connectivity index (χ1) is 11.5. The van der Waals surface area contributed by atoms with Gasteiger partial charge in [0.2, 0.25) is 5.91 Å². The first-order valence-corrected chi connectivity index (χ1v) is 9.51. The number of benzene rings is 1. The van der Waals surface area contributed by atoms with Gasteiger partial charge in [-0.15, -0.1) is 12.4 Å². The molecule has 1 aromatic carbocycles. The molecule has 1 aromatic heterocycles. The third kappa shape index (κ3) is 5.04. The standard InChI is InChI=1S/C16H20N4O3S.ClH/c21-16(6-9-24(22,23)15-4-2-1-3-5-15)18-11-13-10-14-12-17-7-8-20(14)19-13;/h1-5,10,17H,6-9,11-12H2,(H,18,21);1H. The summed E-state index contributed by atoms with van der Waals surface area (Å²) in [7, 11) is -3.43. The van der Waals surface area contributed by atoms with Crippen molar-refractivity contribution in [1.29, 1.82) is 0 Å². The van der Waals surface area contributed by atoms with Gasteiger partial charge in [0.15, 0.2) is 9.84 Å². The van der Waals surface area contributed by atoms with E-state index in [0.717, 1.165) is 31.0 Å². The van der Waals surface area contributed by atoms with Crippen molar-refractivity contribution in [3.05, 3.63) is 47.8 Å². The summed E-state index contributed by atoms with van der Waals surface area (Å²) in [5.74, 6) is -0.495. The van der Waals surface area contributed by atoms with Gasteiger partial charge in [-0.05, 0) is 18.2 Å².